The second kappa shape index (κ2) is 7.40. The Morgan fingerprint density at radius 1 is 1.36 bits per heavy atom. The molecule has 0 bridgehead atoms. The quantitative estimate of drug-likeness (QED) is 0.856. The summed E-state index contributed by atoms with van der Waals surface area (Å²) in [6.07, 6.45) is 1.62. The van der Waals surface area contributed by atoms with Gasteiger partial charge in [-0.2, -0.15) is 4.31 Å². The summed E-state index contributed by atoms with van der Waals surface area (Å²) in [4.78, 5) is 0.135. The maximum Gasteiger partial charge on any atom is 0.246 e. The van der Waals surface area contributed by atoms with Crippen LogP contribution in [-0.2, 0) is 14.8 Å². The van der Waals surface area contributed by atoms with Gasteiger partial charge in [-0.3, -0.25) is 0 Å². The van der Waals surface area contributed by atoms with E-state index in [2.05, 4.69) is 5.32 Å². The van der Waals surface area contributed by atoms with Gasteiger partial charge in [0, 0.05) is 18.1 Å². The summed E-state index contributed by atoms with van der Waals surface area (Å²) < 4.78 is 39.7. The zero-order valence-corrected chi connectivity index (χ0v) is 16.3. The number of aryl methyl sites for hydroxylation is 1. The molecule has 1 aromatic rings. The third kappa shape index (κ3) is 3.80. The molecule has 2 aliphatic heterocycles. The Kier molecular flexibility index (Phi) is 5.60. The van der Waals surface area contributed by atoms with Crippen LogP contribution in [0.25, 0.3) is 0 Å². The number of hydrogen-bond donors (Lipinski definition) is 1. The first kappa shape index (κ1) is 18.9. The van der Waals surface area contributed by atoms with E-state index in [1.54, 1.807) is 6.07 Å². The largest absolute Gasteiger partial charge is 0.492 e. The molecule has 0 aliphatic carbocycles. The molecule has 2 heterocycles. The first-order chi connectivity index (χ1) is 11.9. The summed E-state index contributed by atoms with van der Waals surface area (Å²) in [6.45, 7) is 6.86. The topological polar surface area (TPSA) is 67.9 Å². The molecule has 140 valence electrons. The first-order valence-electron chi connectivity index (χ1n) is 8.66. The summed E-state index contributed by atoms with van der Waals surface area (Å²) in [6, 6.07) is 3.20. The van der Waals surface area contributed by atoms with Gasteiger partial charge in [0.15, 0.2) is 0 Å². The molecule has 0 unspecified atom stereocenters. The highest BCUT2D eigenvalue weighted by Crippen LogP contribution is 2.35. The molecular formula is C17H25ClN2O4S. The Hall–Kier alpha value is -0.860. The van der Waals surface area contributed by atoms with E-state index < -0.39 is 15.6 Å². The van der Waals surface area contributed by atoms with Crippen LogP contribution < -0.4 is 10.1 Å². The van der Waals surface area contributed by atoms with Crippen LogP contribution in [0.3, 0.4) is 0 Å². The van der Waals surface area contributed by atoms with Gasteiger partial charge in [-0.1, -0.05) is 11.6 Å². The molecule has 2 saturated heterocycles. The van der Waals surface area contributed by atoms with Crippen molar-refractivity contribution in [1.29, 1.82) is 0 Å². The maximum absolute atomic E-state index is 13.3. The van der Waals surface area contributed by atoms with E-state index >= 15 is 0 Å². The average Bonchev–Trinajstić information content (AvgIpc) is 2.59. The fourth-order valence-electron chi connectivity index (χ4n) is 3.45. The number of halogens is 1. The van der Waals surface area contributed by atoms with Crippen LogP contribution in [0.15, 0.2) is 17.0 Å². The normalized spacial score (nSPS) is 21.4. The van der Waals surface area contributed by atoms with Crippen molar-refractivity contribution in [3.8, 4) is 5.75 Å². The second-order valence-electron chi connectivity index (χ2n) is 6.60. The molecule has 25 heavy (non-hydrogen) atoms. The van der Waals surface area contributed by atoms with Gasteiger partial charge in [0.05, 0.1) is 18.8 Å². The molecule has 3 rings (SSSR count). The Balaban J connectivity index is 1.94. The number of piperidine rings is 1. The van der Waals surface area contributed by atoms with Crippen molar-refractivity contribution in [3.05, 3.63) is 22.7 Å². The molecule has 2 aliphatic rings. The van der Waals surface area contributed by atoms with E-state index in [-0.39, 0.29) is 4.90 Å². The van der Waals surface area contributed by atoms with E-state index in [9.17, 15) is 8.42 Å². The summed E-state index contributed by atoms with van der Waals surface area (Å²) in [5, 5.41) is 3.72. The van der Waals surface area contributed by atoms with Crippen molar-refractivity contribution < 1.29 is 17.9 Å². The fraction of sp³-hybridized carbons (Fsp3) is 0.647. The lowest BCUT2D eigenvalue weighted by atomic mass is 9.91. The molecule has 2 fully saturated rings. The van der Waals surface area contributed by atoms with E-state index in [1.165, 1.54) is 10.4 Å². The Morgan fingerprint density at radius 2 is 2.08 bits per heavy atom. The van der Waals surface area contributed by atoms with Gasteiger partial charge in [0.25, 0.3) is 0 Å². The molecular weight excluding hydrogens is 364 g/mol. The Morgan fingerprint density at radius 3 is 2.76 bits per heavy atom. The molecule has 0 aromatic heterocycles. The van der Waals surface area contributed by atoms with Crippen LogP contribution in [0, 0.1) is 6.92 Å². The van der Waals surface area contributed by atoms with E-state index in [4.69, 9.17) is 21.1 Å². The predicted molar refractivity (Wildman–Crippen MR) is 96.9 cm³/mol. The van der Waals surface area contributed by atoms with Crippen LogP contribution in [0.1, 0.15) is 25.3 Å². The average molecular weight is 389 g/mol. The van der Waals surface area contributed by atoms with Crippen molar-refractivity contribution in [2.24, 2.45) is 0 Å². The van der Waals surface area contributed by atoms with Crippen LogP contribution in [0.2, 0.25) is 5.02 Å². The summed E-state index contributed by atoms with van der Waals surface area (Å²) in [5.41, 5.74) is 0.400. The highest BCUT2D eigenvalue weighted by Gasteiger charge is 2.42. The molecule has 0 radical (unpaired) electrons. The van der Waals surface area contributed by atoms with Gasteiger partial charge in [-0.05, 0) is 57.5 Å². The molecule has 1 N–H and O–H groups in total. The minimum absolute atomic E-state index is 0.135. The number of hydrogen-bond acceptors (Lipinski definition) is 5. The van der Waals surface area contributed by atoms with Crippen LogP contribution in [-0.4, -0.2) is 57.7 Å². The maximum atomic E-state index is 13.3. The van der Waals surface area contributed by atoms with Crippen molar-refractivity contribution in [2.75, 3.05) is 39.4 Å². The second-order valence-corrected chi connectivity index (χ2v) is 8.91. The standard InChI is InChI=1S/C17H25ClN2O4S/c1-3-23-15-10-13(2)14(18)11-16(15)25(21,22)20-8-9-24-17(12-20)4-6-19-7-5-17/h10-11,19H,3-9,12H2,1-2H3. The molecule has 0 amide bonds. The Bertz CT molecular complexity index is 727. The van der Waals surface area contributed by atoms with Gasteiger partial charge in [0.1, 0.15) is 10.6 Å². The third-order valence-electron chi connectivity index (χ3n) is 4.87. The van der Waals surface area contributed by atoms with Gasteiger partial charge in [-0.25, -0.2) is 8.42 Å². The number of sulfonamides is 1. The van der Waals surface area contributed by atoms with Crippen LogP contribution >= 0.6 is 11.6 Å². The predicted octanol–water partition coefficient (Wildman–Crippen LogP) is 2.19. The highest BCUT2D eigenvalue weighted by atomic mass is 35.5. The minimum Gasteiger partial charge on any atom is -0.492 e. The van der Waals surface area contributed by atoms with E-state index in [0.717, 1.165) is 31.5 Å². The highest BCUT2D eigenvalue weighted by molar-refractivity contribution is 7.89. The molecule has 8 heteroatoms. The zero-order chi connectivity index (χ0) is 18.1. The SMILES string of the molecule is CCOc1cc(C)c(Cl)cc1S(=O)(=O)N1CCOC2(CCNCC2)C1. The smallest absolute Gasteiger partial charge is 0.246 e. The Labute approximate surface area is 154 Å². The lowest BCUT2D eigenvalue weighted by Crippen LogP contribution is -2.57. The number of rotatable bonds is 4. The summed E-state index contributed by atoms with van der Waals surface area (Å²) >= 11 is 6.20. The van der Waals surface area contributed by atoms with Gasteiger partial charge >= 0.3 is 0 Å². The molecule has 1 aromatic carbocycles. The van der Waals surface area contributed by atoms with Gasteiger partial charge < -0.3 is 14.8 Å². The first-order valence-corrected chi connectivity index (χ1v) is 10.5. The molecule has 0 saturated carbocycles. The van der Waals surface area contributed by atoms with Gasteiger partial charge in [-0.15, -0.1) is 0 Å². The third-order valence-corrected chi connectivity index (χ3v) is 7.14. The minimum atomic E-state index is -3.71. The molecule has 0 atom stereocenters. The molecule has 6 nitrogen and oxygen atoms in total. The zero-order valence-electron chi connectivity index (χ0n) is 14.7. The summed E-state index contributed by atoms with van der Waals surface area (Å²) in [7, 11) is -3.71. The lowest BCUT2D eigenvalue weighted by molar-refractivity contribution is -0.105. The number of benzene rings is 1. The van der Waals surface area contributed by atoms with Crippen molar-refractivity contribution >= 4 is 21.6 Å². The van der Waals surface area contributed by atoms with Crippen molar-refractivity contribution in [2.45, 2.75) is 37.2 Å². The fourth-order valence-corrected chi connectivity index (χ4v) is 5.31. The monoisotopic (exact) mass is 388 g/mol. The number of nitrogens with zero attached hydrogens (tertiary/aromatic N) is 1. The van der Waals surface area contributed by atoms with Gasteiger partial charge in [0.2, 0.25) is 10.0 Å². The van der Waals surface area contributed by atoms with Crippen molar-refractivity contribution in [1.82, 2.24) is 9.62 Å². The number of morpholine rings is 1. The van der Waals surface area contributed by atoms with Crippen LogP contribution in [0.4, 0.5) is 0 Å². The molecule has 1 spiro atoms. The number of ether oxygens (including phenoxy) is 2. The van der Waals surface area contributed by atoms with E-state index in [1.807, 2.05) is 13.8 Å². The lowest BCUT2D eigenvalue weighted by Gasteiger charge is -2.44. The van der Waals surface area contributed by atoms with Crippen LogP contribution in [0.5, 0.6) is 5.75 Å². The summed E-state index contributed by atoms with van der Waals surface area (Å²) in [5.74, 6) is 0.357. The van der Waals surface area contributed by atoms with Crippen molar-refractivity contribution in [3.63, 3.8) is 0 Å². The van der Waals surface area contributed by atoms with E-state index in [0.29, 0.717) is 37.1 Å². The number of nitrogens with one attached hydrogen (secondary N) is 1.